The van der Waals surface area contributed by atoms with Crippen molar-refractivity contribution in [2.24, 2.45) is 0 Å². The van der Waals surface area contributed by atoms with Crippen molar-refractivity contribution in [3.63, 3.8) is 0 Å². The smallest absolute Gasteiger partial charge is 0.243 e. The molecule has 0 bridgehead atoms. The SMILES string of the molecule is CCCCCCNC(=O)[C@H](C#N)c1nc2ccccc2nc1N1CCCCC1. The Morgan fingerprint density at radius 2 is 1.86 bits per heavy atom. The van der Waals surface area contributed by atoms with Gasteiger partial charge in [-0.1, -0.05) is 38.3 Å². The van der Waals surface area contributed by atoms with Gasteiger partial charge in [-0.3, -0.25) is 4.79 Å². The number of fused-ring (bicyclic) bond motifs is 1. The summed E-state index contributed by atoms with van der Waals surface area (Å²) < 4.78 is 0. The highest BCUT2D eigenvalue weighted by Crippen LogP contribution is 2.29. The van der Waals surface area contributed by atoms with Crippen molar-refractivity contribution in [2.75, 3.05) is 24.5 Å². The molecule has 1 saturated heterocycles. The molecule has 3 rings (SSSR count). The van der Waals surface area contributed by atoms with Gasteiger partial charge < -0.3 is 10.2 Å². The van der Waals surface area contributed by atoms with Crippen molar-refractivity contribution in [1.29, 1.82) is 5.26 Å². The van der Waals surface area contributed by atoms with E-state index in [1.807, 2.05) is 24.3 Å². The first-order valence-corrected chi connectivity index (χ1v) is 10.4. The number of hydrogen-bond donors (Lipinski definition) is 1. The van der Waals surface area contributed by atoms with Crippen LogP contribution in [-0.4, -0.2) is 35.5 Å². The maximum atomic E-state index is 12.8. The summed E-state index contributed by atoms with van der Waals surface area (Å²) in [5.74, 6) is -0.534. The molecule has 6 heteroatoms. The zero-order valence-electron chi connectivity index (χ0n) is 16.7. The number of piperidine rings is 1. The second-order valence-electron chi connectivity index (χ2n) is 7.38. The molecule has 0 spiro atoms. The van der Waals surface area contributed by atoms with E-state index in [-0.39, 0.29) is 5.91 Å². The van der Waals surface area contributed by atoms with Crippen molar-refractivity contribution in [2.45, 2.75) is 57.8 Å². The minimum absolute atomic E-state index is 0.276. The third-order valence-corrected chi connectivity index (χ3v) is 5.23. The molecular weight excluding hydrogens is 350 g/mol. The number of aromatic nitrogens is 2. The molecule has 2 heterocycles. The molecule has 28 heavy (non-hydrogen) atoms. The number of rotatable bonds is 8. The number of carbonyl (C=O) groups is 1. The highest BCUT2D eigenvalue weighted by atomic mass is 16.1. The molecule has 0 radical (unpaired) electrons. The Kier molecular flexibility index (Phi) is 7.18. The molecule has 1 aromatic carbocycles. The Labute approximate surface area is 167 Å². The number of nitrogens with zero attached hydrogens (tertiary/aromatic N) is 4. The zero-order valence-corrected chi connectivity index (χ0v) is 16.7. The van der Waals surface area contributed by atoms with Gasteiger partial charge in [0.05, 0.1) is 17.1 Å². The Balaban J connectivity index is 1.87. The van der Waals surface area contributed by atoms with Crippen LogP contribution in [0.1, 0.15) is 63.5 Å². The summed E-state index contributed by atoms with van der Waals surface area (Å²) >= 11 is 0. The number of para-hydroxylation sites is 2. The minimum Gasteiger partial charge on any atom is -0.355 e. The van der Waals surface area contributed by atoms with Crippen LogP contribution >= 0.6 is 0 Å². The third-order valence-electron chi connectivity index (χ3n) is 5.23. The third kappa shape index (κ3) is 4.78. The quantitative estimate of drug-likeness (QED) is 0.703. The summed E-state index contributed by atoms with van der Waals surface area (Å²) in [5, 5.41) is 12.7. The van der Waals surface area contributed by atoms with Crippen LogP contribution in [0.3, 0.4) is 0 Å². The number of amides is 1. The highest BCUT2D eigenvalue weighted by molar-refractivity contribution is 5.88. The summed E-state index contributed by atoms with van der Waals surface area (Å²) in [6.07, 6.45) is 7.71. The van der Waals surface area contributed by atoms with Gasteiger partial charge in [0.25, 0.3) is 0 Å². The Morgan fingerprint density at radius 1 is 1.14 bits per heavy atom. The zero-order chi connectivity index (χ0) is 19.8. The van der Waals surface area contributed by atoms with Gasteiger partial charge >= 0.3 is 0 Å². The number of nitriles is 1. The van der Waals surface area contributed by atoms with E-state index >= 15 is 0 Å². The average molecular weight is 380 g/mol. The molecule has 1 atom stereocenters. The lowest BCUT2D eigenvalue weighted by molar-refractivity contribution is -0.121. The van der Waals surface area contributed by atoms with Crippen LogP contribution < -0.4 is 10.2 Å². The van der Waals surface area contributed by atoms with Crippen LogP contribution in [0.15, 0.2) is 24.3 Å². The fraction of sp³-hybridized carbons (Fsp3) is 0.545. The topological polar surface area (TPSA) is 81.9 Å². The van der Waals surface area contributed by atoms with Crippen LogP contribution in [0.4, 0.5) is 5.82 Å². The lowest BCUT2D eigenvalue weighted by atomic mass is 10.0. The van der Waals surface area contributed by atoms with E-state index in [0.29, 0.717) is 23.6 Å². The standard InChI is InChI=1S/C22H29N5O/c1-2-3-4-8-13-24-22(28)17(16-23)20-21(27-14-9-5-10-15-27)26-19-12-7-6-11-18(19)25-20/h6-7,11-12,17H,2-5,8-10,13-15H2,1H3,(H,24,28)/t17-/m1/s1. The fourth-order valence-electron chi connectivity index (χ4n) is 3.65. The van der Waals surface area contributed by atoms with E-state index < -0.39 is 5.92 Å². The predicted molar refractivity (Wildman–Crippen MR) is 111 cm³/mol. The first kappa shape index (κ1) is 20.1. The number of carbonyl (C=O) groups excluding carboxylic acids is 1. The first-order valence-electron chi connectivity index (χ1n) is 10.4. The van der Waals surface area contributed by atoms with E-state index in [9.17, 15) is 10.1 Å². The van der Waals surface area contributed by atoms with E-state index in [4.69, 9.17) is 9.97 Å². The summed E-state index contributed by atoms with van der Waals surface area (Å²) in [4.78, 5) is 24.5. The molecule has 2 aromatic rings. The van der Waals surface area contributed by atoms with Crippen molar-refractivity contribution >= 4 is 22.8 Å². The van der Waals surface area contributed by atoms with Gasteiger partial charge in [0.1, 0.15) is 5.69 Å². The molecule has 1 aromatic heterocycles. The van der Waals surface area contributed by atoms with Gasteiger partial charge in [-0.25, -0.2) is 9.97 Å². The summed E-state index contributed by atoms with van der Waals surface area (Å²) in [5.41, 5.74) is 1.99. The molecule has 1 amide bonds. The number of anilines is 1. The molecule has 1 aliphatic rings. The minimum atomic E-state index is -0.944. The molecule has 0 unspecified atom stereocenters. The van der Waals surface area contributed by atoms with E-state index in [2.05, 4.69) is 23.2 Å². The van der Waals surface area contributed by atoms with Gasteiger partial charge in [-0.05, 0) is 37.8 Å². The van der Waals surface area contributed by atoms with Crippen LogP contribution in [-0.2, 0) is 4.79 Å². The Bertz CT molecular complexity index is 838. The van der Waals surface area contributed by atoms with Gasteiger partial charge in [0.2, 0.25) is 5.91 Å². The van der Waals surface area contributed by atoms with Crippen molar-refractivity contribution in [1.82, 2.24) is 15.3 Å². The van der Waals surface area contributed by atoms with Crippen molar-refractivity contribution in [3.05, 3.63) is 30.0 Å². The van der Waals surface area contributed by atoms with Crippen molar-refractivity contribution in [3.8, 4) is 6.07 Å². The first-order chi connectivity index (χ1) is 13.7. The summed E-state index contributed by atoms with van der Waals surface area (Å²) in [7, 11) is 0. The summed E-state index contributed by atoms with van der Waals surface area (Å²) in [6.45, 7) is 4.52. The Hall–Kier alpha value is -2.68. The lowest BCUT2D eigenvalue weighted by Gasteiger charge is -2.29. The largest absolute Gasteiger partial charge is 0.355 e. The molecule has 0 aliphatic carbocycles. The lowest BCUT2D eigenvalue weighted by Crippen LogP contribution is -2.34. The number of benzene rings is 1. The maximum absolute atomic E-state index is 12.8. The number of nitrogens with one attached hydrogen (secondary N) is 1. The molecule has 1 N–H and O–H groups in total. The second kappa shape index (κ2) is 10.0. The average Bonchev–Trinajstić information content (AvgIpc) is 2.74. The van der Waals surface area contributed by atoms with E-state index in [0.717, 1.165) is 57.1 Å². The molecule has 6 nitrogen and oxygen atoms in total. The Morgan fingerprint density at radius 3 is 2.54 bits per heavy atom. The van der Waals surface area contributed by atoms with Crippen LogP contribution in [0.25, 0.3) is 11.0 Å². The second-order valence-corrected chi connectivity index (χ2v) is 7.38. The van der Waals surface area contributed by atoms with Crippen LogP contribution in [0.5, 0.6) is 0 Å². The maximum Gasteiger partial charge on any atom is 0.243 e. The molecular formula is C22H29N5O. The van der Waals surface area contributed by atoms with Gasteiger partial charge in [0.15, 0.2) is 11.7 Å². The van der Waals surface area contributed by atoms with E-state index in [1.165, 1.54) is 6.42 Å². The van der Waals surface area contributed by atoms with Gasteiger partial charge in [-0.2, -0.15) is 5.26 Å². The molecule has 148 valence electrons. The van der Waals surface area contributed by atoms with E-state index in [1.54, 1.807) is 0 Å². The number of hydrogen-bond acceptors (Lipinski definition) is 5. The molecule has 1 fully saturated rings. The molecule has 1 aliphatic heterocycles. The highest BCUT2D eigenvalue weighted by Gasteiger charge is 2.29. The molecule has 0 saturated carbocycles. The van der Waals surface area contributed by atoms with Gasteiger partial charge in [-0.15, -0.1) is 0 Å². The fourth-order valence-corrected chi connectivity index (χ4v) is 3.65. The van der Waals surface area contributed by atoms with Crippen molar-refractivity contribution < 1.29 is 4.79 Å². The monoisotopic (exact) mass is 379 g/mol. The van der Waals surface area contributed by atoms with Gasteiger partial charge in [0, 0.05) is 19.6 Å². The number of unbranched alkanes of at least 4 members (excludes halogenated alkanes) is 3. The summed E-state index contributed by atoms with van der Waals surface area (Å²) in [6, 6.07) is 9.81. The van der Waals surface area contributed by atoms with Crippen LogP contribution in [0.2, 0.25) is 0 Å². The predicted octanol–water partition coefficient (Wildman–Crippen LogP) is 3.92. The normalized spacial score (nSPS) is 15.2. The van der Waals surface area contributed by atoms with Crippen LogP contribution in [0, 0.1) is 11.3 Å².